The molecule has 0 heterocycles. The van der Waals surface area contributed by atoms with Crippen molar-refractivity contribution in [2.45, 2.75) is 32.6 Å². The van der Waals surface area contributed by atoms with Crippen molar-refractivity contribution in [2.75, 3.05) is 6.61 Å². The third-order valence-corrected chi connectivity index (χ3v) is 3.93. The Morgan fingerprint density at radius 1 is 1.33 bits per heavy atom. The van der Waals surface area contributed by atoms with Crippen molar-refractivity contribution in [2.24, 2.45) is 5.92 Å². The number of rotatable bonds is 5. The molecule has 1 fully saturated rings. The summed E-state index contributed by atoms with van der Waals surface area (Å²) in [4.78, 5) is 12.1. The second kappa shape index (κ2) is 5.94. The van der Waals surface area contributed by atoms with Gasteiger partial charge in [-0.3, -0.25) is 4.79 Å². The zero-order chi connectivity index (χ0) is 13.1. The van der Waals surface area contributed by atoms with Gasteiger partial charge in [-0.1, -0.05) is 42.5 Å². The first kappa shape index (κ1) is 13.7. The van der Waals surface area contributed by atoms with Crippen LogP contribution in [0.3, 0.4) is 0 Å². The van der Waals surface area contributed by atoms with Gasteiger partial charge in [0.1, 0.15) is 5.75 Å². The van der Waals surface area contributed by atoms with E-state index in [4.69, 9.17) is 27.9 Å². The van der Waals surface area contributed by atoms with Gasteiger partial charge in [0, 0.05) is 18.1 Å². The van der Waals surface area contributed by atoms with Gasteiger partial charge in [-0.25, -0.2) is 0 Å². The first-order valence-corrected chi connectivity index (χ1v) is 7.02. The molecule has 0 saturated heterocycles. The average Bonchev–Trinajstić information content (AvgIpc) is 2.28. The van der Waals surface area contributed by atoms with E-state index in [1.807, 2.05) is 6.92 Å². The van der Waals surface area contributed by atoms with Crippen LogP contribution in [0, 0.1) is 5.92 Å². The maximum absolute atomic E-state index is 12.1. The van der Waals surface area contributed by atoms with Crippen molar-refractivity contribution in [3.63, 3.8) is 0 Å². The van der Waals surface area contributed by atoms with E-state index in [1.54, 1.807) is 12.1 Å². The molecule has 0 atom stereocenters. The number of Topliss-reactive ketones (excluding diaryl/α,β-unsaturated/α-hetero) is 1. The van der Waals surface area contributed by atoms with Crippen molar-refractivity contribution in [1.82, 2.24) is 0 Å². The van der Waals surface area contributed by atoms with Crippen LogP contribution in [0.25, 0.3) is 0 Å². The van der Waals surface area contributed by atoms with Gasteiger partial charge in [0.15, 0.2) is 5.78 Å². The smallest absolute Gasteiger partial charge is 0.164 e. The van der Waals surface area contributed by atoms with E-state index in [-0.39, 0.29) is 5.78 Å². The highest BCUT2D eigenvalue weighted by atomic mass is 35.5. The van der Waals surface area contributed by atoms with Crippen LogP contribution in [-0.4, -0.2) is 12.4 Å². The summed E-state index contributed by atoms with van der Waals surface area (Å²) in [7, 11) is 0. The van der Waals surface area contributed by atoms with Crippen LogP contribution < -0.4 is 4.74 Å². The molecule has 0 amide bonds. The molecular formula is C14H16Cl2O2. The minimum absolute atomic E-state index is 0.0784. The third-order valence-electron chi connectivity index (χ3n) is 3.32. The minimum Gasteiger partial charge on any atom is -0.492 e. The molecule has 0 bridgehead atoms. The van der Waals surface area contributed by atoms with Crippen LogP contribution in [-0.2, 0) is 0 Å². The molecule has 0 aromatic heterocycles. The van der Waals surface area contributed by atoms with E-state index in [2.05, 4.69) is 0 Å². The Kier molecular flexibility index (Phi) is 4.52. The van der Waals surface area contributed by atoms with Crippen LogP contribution in [0.5, 0.6) is 5.75 Å². The lowest BCUT2D eigenvalue weighted by atomic mass is 9.81. The first-order valence-electron chi connectivity index (χ1n) is 6.26. The largest absolute Gasteiger partial charge is 0.492 e. The van der Waals surface area contributed by atoms with E-state index in [9.17, 15) is 4.79 Å². The quantitative estimate of drug-likeness (QED) is 0.729. The van der Waals surface area contributed by atoms with E-state index < -0.39 is 0 Å². The van der Waals surface area contributed by atoms with Gasteiger partial charge in [-0.15, -0.1) is 0 Å². The van der Waals surface area contributed by atoms with Crippen LogP contribution in [0.15, 0.2) is 12.1 Å². The molecule has 2 rings (SSSR count). The highest BCUT2D eigenvalue weighted by Crippen LogP contribution is 2.35. The summed E-state index contributed by atoms with van der Waals surface area (Å²) in [6.45, 7) is 2.39. The molecule has 2 nitrogen and oxygen atoms in total. The molecule has 1 aromatic carbocycles. The monoisotopic (exact) mass is 286 g/mol. The number of carbonyl (C=O) groups excluding carboxylic acids is 1. The van der Waals surface area contributed by atoms with Gasteiger partial charge in [0.05, 0.1) is 16.7 Å². The standard InChI is InChI=1S/C14H16Cl2O2/c1-2-18-14-8-11(15)10(7-12(14)16)13(17)6-9-4-3-5-9/h7-9H,2-6H2,1H3. The summed E-state index contributed by atoms with van der Waals surface area (Å²) in [5.74, 6) is 1.14. The van der Waals surface area contributed by atoms with Crippen molar-refractivity contribution in [3.05, 3.63) is 27.7 Å². The summed E-state index contributed by atoms with van der Waals surface area (Å²) in [5, 5.41) is 0.866. The molecule has 4 heteroatoms. The lowest BCUT2D eigenvalue weighted by Crippen LogP contribution is -2.16. The van der Waals surface area contributed by atoms with E-state index in [0.717, 1.165) is 12.8 Å². The fourth-order valence-electron chi connectivity index (χ4n) is 2.08. The average molecular weight is 287 g/mol. The van der Waals surface area contributed by atoms with Crippen molar-refractivity contribution in [1.29, 1.82) is 0 Å². The molecule has 0 spiro atoms. The van der Waals surface area contributed by atoms with Gasteiger partial charge in [-0.05, 0) is 18.9 Å². The summed E-state index contributed by atoms with van der Waals surface area (Å²) in [6.07, 6.45) is 4.10. The molecule has 0 radical (unpaired) electrons. The number of benzene rings is 1. The molecule has 1 aliphatic rings. The topological polar surface area (TPSA) is 26.3 Å². The number of ketones is 1. The Hall–Kier alpha value is -0.730. The van der Waals surface area contributed by atoms with Crippen LogP contribution in [0.4, 0.5) is 0 Å². The van der Waals surface area contributed by atoms with Gasteiger partial charge in [0.2, 0.25) is 0 Å². The molecular weight excluding hydrogens is 271 g/mol. The predicted octanol–water partition coefficient (Wildman–Crippen LogP) is 4.77. The van der Waals surface area contributed by atoms with E-state index in [0.29, 0.717) is 40.3 Å². The zero-order valence-corrected chi connectivity index (χ0v) is 11.9. The highest BCUT2D eigenvalue weighted by Gasteiger charge is 2.23. The van der Waals surface area contributed by atoms with Gasteiger partial charge in [0.25, 0.3) is 0 Å². The maximum Gasteiger partial charge on any atom is 0.164 e. The maximum atomic E-state index is 12.1. The van der Waals surface area contributed by atoms with Crippen LogP contribution in [0.1, 0.15) is 43.0 Å². The Balaban J connectivity index is 2.16. The van der Waals surface area contributed by atoms with Gasteiger partial charge in [-0.2, -0.15) is 0 Å². The second-order valence-electron chi connectivity index (χ2n) is 4.62. The molecule has 1 saturated carbocycles. The molecule has 18 heavy (non-hydrogen) atoms. The number of hydrogen-bond acceptors (Lipinski definition) is 2. The number of halogens is 2. The number of ether oxygens (including phenoxy) is 1. The summed E-state index contributed by atoms with van der Waals surface area (Å²) in [6, 6.07) is 3.25. The summed E-state index contributed by atoms with van der Waals surface area (Å²) < 4.78 is 5.34. The lowest BCUT2D eigenvalue weighted by Gasteiger charge is -2.24. The molecule has 1 aliphatic carbocycles. The fourth-order valence-corrected chi connectivity index (χ4v) is 2.55. The van der Waals surface area contributed by atoms with E-state index in [1.165, 1.54) is 6.42 Å². The SMILES string of the molecule is CCOc1cc(Cl)c(C(=O)CC2CCC2)cc1Cl. The predicted molar refractivity (Wildman–Crippen MR) is 73.9 cm³/mol. The first-order chi connectivity index (χ1) is 8.61. The van der Waals surface area contributed by atoms with Crippen molar-refractivity contribution < 1.29 is 9.53 Å². The Labute approximate surface area is 117 Å². The summed E-state index contributed by atoms with van der Waals surface area (Å²) >= 11 is 12.2. The number of hydrogen-bond donors (Lipinski definition) is 0. The van der Waals surface area contributed by atoms with Crippen molar-refractivity contribution >= 4 is 29.0 Å². The lowest BCUT2D eigenvalue weighted by molar-refractivity contribution is 0.0936. The molecule has 0 aliphatic heterocycles. The Morgan fingerprint density at radius 3 is 2.61 bits per heavy atom. The summed E-state index contributed by atoms with van der Waals surface area (Å²) in [5.41, 5.74) is 0.511. The third kappa shape index (κ3) is 2.99. The molecule has 1 aromatic rings. The van der Waals surface area contributed by atoms with Crippen LogP contribution >= 0.6 is 23.2 Å². The van der Waals surface area contributed by atoms with Gasteiger partial charge >= 0.3 is 0 Å². The van der Waals surface area contributed by atoms with E-state index >= 15 is 0 Å². The zero-order valence-electron chi connectivity index (χ0n) is 10.3. The normalized spacial score (nSPS) is 15.3. The second-order valence-corrected chi connectivity index (χ2v) is 5.43. The fraction of sp³-hybridized carbons (Fsp3) is 0.500. The Morgan fingerprint density at radius 2 is 2.06 bits per heavy atom. The minimum atomic E-state index is 0.0784. The molecule has 0 unspecified atom stereocenters. The van der Waals surface area contributed by atoms with Gasteiger partial charge < -0.3 is 4.74 Å². The molecule has 98 valence electrons. The molecule has 0 N–H and O–H groups in total. The number of carbonyl (C=O) groups is 1. The highest BCUT2D eigenvalue weighted by molar-refractivity contribution is 6.36. The van der Waals surface area contributed by atoms with Crippen molar-refractivity contribution in [3.8, 4) is 5.75 Å². The Bertz CT molecular complexity index is 453. The van der Waals surface area contributed by atoms with Crippen LogP contribution in [0.2, 0.25) is 10.0 Å².